The Morgan fingerprint density at radius 1 is 1.00 bits per heavy atom. The molecule has 1 aliphatic carbocycles. The maximum Gasteiger partial charge on any atom is 0.251 e. The zero-order valence-electron chi connectivity index (χ0n) is 17.1. The predicted molar refractivity (Wildman–Crippen MR) is 110 cm³/mol. The maximum absolute atomic E-state index is 12.7. The zero-order chi connectivity index (χ0) is 19.5. The third-order valence-corrected chi connectivity index (χ3v) is 7.01. The van der Waals surface area contributed by atoms with Gasteiger partial charge in [-0.1, -0.05) is 12.5 Å². The molecule has 1 saturated carbocycles. The van der Waals surface area contributed by atoms with Crippen LogP contribution in [0.5, 0.6) is 0 Å². The van der Waals surface area contributed by atoms with Crippen LogP contribution in [0.4, 0.5) is 0 Å². The van der Waals surface area contributed by atoms with Gasteiger partial charge in [-0.05, 0) is 67.7 Å². The fourth-order valence-electron chi connectivity index (χ4n) is 4.79. The minimum atomic E-state index is 0.0388. The highest BCUT2D eigenvalue weighted by Crippen LogP contribution is 2.27. The molecule has 2 aliphatic heterocycles. The van der Waals surface area contributed by atoms with Crippen molar-refractivity contribution >= 4 is 11.8 Å². The Balaban J connectivity index is 1.30. The van der Waals surface area contributed by atoms with Crippen molar-refractivity contribution in [3.8, 4) is 0 Å². The quantitative estimate of drug-likeness (QED) is 0.870. The number of fused-ring (bicyclic) bond motifs is 1. The molecule has 1 aromatic rings. The van der Waals surface area contributed by atoms with Crippen molar-refractivity contribution in [3.63, 3.8) is 0 Å². The van der Waals surface area contributed by atoms with Gasteiger partial charge in [0.15, 0.2) is 0 Å². The van der Waals surface area contributed by atoms with Crippen molar-refractivity contribution in [2.24, 2.45) is 5.92 Å². The lowest BCUT2D eigenvalue weighted by Gasteiger charge is -2.36. The van der Waals surface area contributed by atoms with Crippen LogP contribution in [0.25, 0.3) is 0 Å². The Bertz CT molecular complexity index is 721. The molecule has 0 spiro atoms. The first-order valence-electron chi connectivity index (χ1n) is 11.0. The first-order chi connectivity index (χ1) is 13.6. The van der Waals surface area contributed by atoms with E-state index in [-0.39, 0.29) is 11.8 Å². The number of likely N-dealkylation sites (tertiary alicyclic amines) is 1. The fraction of sp³-hybridized carbons (Fsp3) is 0.652. The van der Waals surface area contributed by atoms with E-state index < -0.39 is 0 Å². The zero-order valence-corrected chi connectivity index (χ0v) is 17.1. The van der Waals surface area contributed by atoms with Crippen LogP contribution in [0.3, 0.4) is 0 Å². The van der Waals surface area contributed by atoms with E-state index in [1.54, 1.807) is 6.92 Å². The molecular weight excluding hydrogens is 350 g/mol. The summed E-state index contributed by atoms with van der Waals surface area (Å²) in [4.78, 5) is 28.7. The lowest BCUT2D eigenvalue weighted by molar-refractivity contribution is -0.130. The summed E-state index contributed by atoms with van der Waals surface area (Å²) >= 11 is 0. The van der Waals surface area contributed by atoms with Crippen LogP contribution in [0.2, 0.25) is 0 Å². The van der Waals surface area contributed by atoms with Crippen LogP contribution in [0.1, 0.15) is 60.5 Å². The second-order valence-corrected chi connectivity index (χ2v) is 8.76. The van der Waals surface area contributed by atoms with Crippen LogP contribution >= 0.6 is 0 Å². The molecule has 5 nitrogen and oxygen atoms in total. The first-order valence-corrected chi connectivity index (χ1v) is 11.0. The molecule has 0 atom stereocenters. The fourth-order valence-corrected chi connectivity index (χ4v) is 4.79. The monoisotopic (exact) mass is 383 g/mol. The van der Waals surface area contributed by atoms with Gasteiger partial charge in [-0.3, -0.25) is 14.5 Å². The van der Waals surface area contributed by atoms with Crippen molar-refractivity contribution < 1.29 is 9.59 Å². The maximum atomic E-state index is 12.7. The topological polar surface area (TPSA) is 52.7 Å². The van der Waals surface area contributed by atoms with Crippen LogP contribution in [-0.2, 0) is 17.6 Å². The highest BCUT2D eigenvalue weighted by atomic mass is 16.2. The second-order valence-electron chi connectivity index (χ2n) is 8.76. The van der Waals surface area contributed by atoms with E-state index >= 15 is 0 Å². The number of carbonyl (C=O) groups is 2. The van der Waals surface area contributed by atoms with Crippen LogP contribution in [-0.4, -0.2) is 60.4 Å². The van der Waals surface area contributed by atoms with Crippen molar-refractivity contribution in [1.29, 1.82) is 0 Å². The van der Waals surface area contributed by atoms with E-state index in [0.29, 0.717) is 12.5 Å². The van der Waals surface area contributed by atoms with Gasteiger partial charge in [0, 0.05) is 51.3 Å². The van der Waals surface area contributed by atoms with Gasteiger partial charge in [0.2, 0.25) is 5.91 Å². The van der Waals surface area contributed by atoms with Crippen molar-refractivity contribution in [1.82, 2.24) is 15.1 Å². The van der Waals surface area contributed by atoms with Crippen LogP contribution in [0, 0.1) is 5.92 Å². The Labute approximate surface area is 168 Å². The summed E-state index contributed by atoms with van der Waals surface area (Å²) in [7, 11) is 0. The van der Waals surface area contributed by atoms with Gasteiger partial charge in [0.05, 0.1) is 0 Å². The Hall–Kier alpha value is -1.88. The Kier molecular flexibility index (Phi) is 6.00. The number of nitrogens with one attached hydrogen (secondary N) is 1. The standard InChI is InChI=1S/C23H33N3O2/c1-17(27)25-11-7-18(8-12-25)16-24-23(28)21-6-5-19-9-13-26(22-3-2-4-22)14-10-20(19)15-21/h5-6,15,18,22H,2-4,7-14,16H2,1H3,(H,24,28). The number of piperidine rings is 1. The van der Waals surface area contributed by atoms with Crippen molar-refractivity contribution in [2.75, 3.05) is 32.7 Å². The molecule has 3 aliphatic rings. The molecule has 28 heavy (non-hydrogen) atoms. The van der Waals surface area contributed by atoms with Gasteiger partial charge in [0.25, 0.3) is 5.91 Å². The number of rotatable bonds is 4. The summed E-state index contributed by atoms with van der Waals surface area (Å²) in [5.74, 6) is 0.664. The molecule has 1 saturated heterocycles. The summed E-state index contributed by atoms with van der Waals surface area (Å²) in [6.07, 6.45) is 8.19. The van der Waals surface area contributed by atoms with Gasteiger partial charge < -0.3 is 10.2 Å². The average molecular weight is 384 g/mol. The Morgan fingerprint density at radius 3 is 2.36 bits per heavy atom. The lowest BCUT2D eigenvalue weighted by Crippen LogP contribution is -2.41. The summed E-state index contributed by atoms with van der Waals surface area (Å²) in [6.45, 7) is 6.24. The molecule has 0 aromatic heterocycles. The minimum absolute atomic E-state index is 0.0388. The third-order valence-electron chi connectivity index (χ3n) is 7.01. The molecule has 0 unspecified atom stereocenters. The normalized spacial score (nSPS) is 21.5. The molecule has 152 valence electrons. The molecule has 1 aromatic carbocycles. The van der Waals surface area contributed by atoms with Crippen LogP contribution < -0.4 is 5.32 Å². The molecule has 0 bridgehead atoms. The van der Waals surface area contributed by atoms with Gasteiger partial charge in [0.1, 0.15) is 0 Å². The van der Waals surface area contributed by atoms with Crippen molar-refractivity contribution in [3.05, 3.63) is 34.9 Å². The number of amides is 2. The van der Waals surface area contributed by atoms with Gasteiger partial charge in [-0.25, -0.2) is 0 Å². The average Bonchev–Trinajstić information content (AvgIpc) is 2.87. The van der Waals surface area contributed by atoms with Crippen LogP contribution in [0.15, 0.2) is 18.2 Å². The first kappa shape index (κ1) is 19.4. The van der Waals surface area contributed by atoms with E-state index in [0.717, 1.165) is 63.5 Å². The van der Waals surface area contributed by atoms with E-state index in [2.05, 4.69) is 22.3 Å². The number of carbonyl (C=O) groups excluding carboxylic acids is 2. The van der Waals surface area contributed by atoms with E-state index in [4.69, 9.17) is 0 Å². The van der Waals surface area contributed by atoms with E-state index in [9.17, 15) is 9.59 Å². The smallest absolute Gasteiger partial charge is 0.251 e. The number of benzene rings is 1. The summed E-state index contributed by atoms with van der Waals surface area (Å²) in [5.41, 5.74) is 3.55. The van der Waals surface area contributed by atoms with Gasteiger partial charge in [-0.2, -0.15) is 0 Å². The molecule has 2 fully saturated rings. The molecule has 2 amide bonds. The molecule has 5 heteroatoms. The molecule has 2 heterocycles. The van der Waals surface area contributed by atoms with Gasteiger partial charge in [-0.15, -0.1) is 0 Å². The number of hydrogen-bond acceptors (Lipinski definition) is 3. The molecule has 0 radical (unpaired) electrons. The van der Waals surface area contributed by atoms with Gasteiger partial charge >= 0.3 is 0 Å². The Morgan fingerprint density at radius 2 is 1.71 bits per heavy atom. The third kappa shape index (κ3) is 4.40. The molecular formula is C23H33N3O2. The largest absolute Gasteiger partial charge is 0.352 e. The van der Waals surface area contributed by atoms with Crippen molar-refractivity contribution in [2.45, 2.75) is 57.9 Å². The summed E-state index contributed by atoms with van der Waals surface area (Å²) in [5, 5.41) is 3.13. The summed E-state index contributed by atoms with van der Waals surface area (Å²) in [6, 6.07) is 7.07. The lowest BCUT2D eigenvalue weighted by atomic mass is 9.91. The number of hydrogen-bond donors (Lipinski definition) is 1. The highest BCUT2D eigenvalue weighted by Gasteiger charge is 2.26. The van der Waals surface area contributed by atoms with E-state index in [1.165, 1.54) is 30.4 Å². The SMILES string of the molecule is CC(=O)N1CCC(CNC(=O)c2ccc3c(c2)CCN(C2CCC2)CC3)CC1. The van der Waals surface area contributed by atoms with E-state index in [1.807, 2.05) is 11.0 Å². The highest BCUT2D eigenvalue weighted by molar-refractivity contribution is 5.94. The summed E-state index contributed by atoms with van der Waals surface area (Å²) < 4.78 is 0. The molecule has 4 rings (SSSR count). The number of nitrogens with zero attached hydrogens (tertiary/aromatic N) is 2. The second kappa shape index (κ2) is 8.64. The molecule has 1 N–H and O–H groups in total. The predicted octanol–water partition coefficient (Wildman–Crippen LogP) is 2.63. The minimum Gasteiger partial charge on any atom is -0.352 e.